The van der Waals surface area contributed by atoms with E-state index in [1.807, 2.05) is 30.3 Å². The molecule has 0 aliphatic rings. The number of oxazole rings is 1. The second kappa shape index (κ2) is 14.8. The summed E-state index contributed by atoms with van der Waals surface area (Å²) in [5.74, 6) is 0.623. The molecule has 1 aromatic heterocycles. The van der Waals surface area contributed by atoms with Crippen molar-refractivity contribution in [3.05, 3.63) is 231 Å². The Morgan fingerprint density at radius 2 is 0.871 bits per heavy atom. The molecule has 0 spiro atoms. The van der Waals surface area contributed by atoms with E-state index < -0.39 is 0 Å². The first kappa shape index (κ1) is 35.7. The summed E-state index contributed by atoms with van der Waals surface area (Å²) < 4.78 is 6.61. The predicted molar refractivity (Wildman–Crippen MR) is 260 cm³/mol. The zero-order valence-electron chi connectivity index (χ0n) is 33.7. The van der Waals surface area contributed by atoms with E-state index in [-0.39, 0.29) is 0 Å². The van der Waals surface area contributed by atoms with Crippen LogP contribution in [0.3, 0.4) is 0 Å². The first-order valence-electron chi connectivity index (χ1n) is 21.1. The molecule has 12 rings (SSSR count). The molecule has 0 amide bonds. The molecule has 0 bridgehead atoms. The molecule has 0 saturated carbocycles. The highest BCUT2D eigenvalue weighted by molar-refractivity contribution is 6.14. The van der Waals surface area contributed by atoms with E-state index in [4.69, 9.17) is 9.40 Å². The van der Waals surface area contributed by atoms with Gasteiger partial charge in [-0.15, -0.1) is 0 Å². The van der Waals surface area contributed by atoms with Crippen LogP contribution in [0, 0.1) is 0 Å². The molecule has 0 saturated heterocycles. The van der Waals surface area contributed by atoms with Crippen molar-refractivity contribution in [3.8, 4) is 44.8 Å². The number of rotatable bonds is 7. The van der Waals surface area contributed by atoms with Crippen LogP contribution in [0.15, 0.2) is 235 Å². The lowest BCUT2D eigenvalue weighted by atomic mass is 9.93. The lowest BCUT2D eigenvalue weighted by Gasteiger charge is -2.28. The van der Waals surface area contributed by atoms with Crippen LogP contribution in [0.25, 0.3) is 99.0 Å². The highest BCUT2D eigenvalue weighted by atomic mass is 16.3. The lowest BCUT2D eigenvalue weighted by molar-refractivity contribution is 0.621. The van der Waals surface area contributed by atoms with Crippen molar-refractivity contribution < 1.29 is 4.42 Å². The maximum atomic E-state index is 6.61. The first-order valence-corrected chi connectivity index (χ1v) is 21.1. The smallest absolute Gasteiger partial charge is 0.227 e. The van der Waals surface area contributed by atoms with Gasteiger partial charge in [0.15, 0.2) is 5.58 Å². The van der Waals surface area contributed by atoms with E-state index in [0.29, 0.717) is 5.89 Å². The molecule has 11 aromatic carbocycles. The minimum absolute atomic E-state index is 0.623. The molecular weight excluding hydrogens is 753 g/mol. The highest BCUT2D eigenvalue weighted by Gasteiger charge is 2.20. The van der Waals surface area contributed by atoms with Gasteiger partial charge >= 0.3 is 0 Å². The molecule has 1 heterocycles. The highest BCUT2D eigenvalue weighted by Crippen LogP contribution is 2.44. The van der Waals surface area contributed by atoms with E-state index in [2.05, 4.69) is 205 Å². The van der Waals surface area contributed by atoms with Gasteiger partial charge in [0.1, 0.15) is 5.52 Å². The maximum absolute atomic E-state index is 6.61. The molecule has 3 nitrogen and oxygen atoms in total. The van der Waals surface area contributed by atoms with Crippen LogP contribution in [-0.4, -0.2) is 4.98 Å². The van der Waals surface area contributed by atoms with Gasteiger partial charge in [0.25, 0.3) is 0 Å². The molecule has 0 N–H and O–H groups in total. The van der Waals surface area contributed by atoms with Crippen molar-refractivity contribution in [2.45, 2.75) is 0 Å². The third kappa shape index (κ3) is 6.10. The van der Waals surface area contributed by atoms with E-state index in [1.165, 1.54) is 38.2 Å². The van der Waals surface area contributed by atoms with Crippen LogP contribution >= 0.6 is 0 Å². The van der Waals surface area contributed by atoms with E-state index >= 15 is 0 Å². The van der Waals surface area contributed by atoms with E-state index in [9.17, 15) is 0 Å². The zero-order valence-corrected chi connectivity index (χ0v) is 33.7. The monoisotopic (exact) mass is 790 g/mol. The Morgan fingerprint density at radius 3 is 1.66 bits per heavy atom. The Hall–Kier alpha value is -8.27. The number of benzene rings is 11. The first-order chi connectivity index (χ1) is 30.7. The molecular formula is C59H38N2O. The Bertz CT molecular complexity index is 3630. The average Bonchev–Trinajstić information content (AvgIpc) is 3.81. The van der Waals surface area contributed by atoms with Crippen LogP contribution in [0.4, 0.5) is 17.1 Å². The molecule has 0 atom stereocenters. The fraction of sp³-hybridized carbons (Fsp3) is 0. The fourth-order valence-corrected chi connectivity index (χ4v) is 9.24. The van der Waals surface area contributed by atoms with Crippen molar-refractivity contribution in [3.63, 3.8) is 0 Å². The quantitative estimate of drug-likeness (QED) is 0.151. The fourth-order valence-electron chi connectivity index (χ4n) is 9.24. The number of para-hydroxylation sites is 1. The number of hydrogen-bond donors (Lipinski definition) is 0. The Morgan fingerprint density at radius 1 is 0.323 bits per heavy atom. The minimum atomic E-state index is 0.623. The summed E-state index contributed by atoms with van der Waals surface area (Å²) in [6, 6.07) is 82.5. The van der Waals surface area contributed by atoms with E-state index in [0.717, 1.165) is 72.0 Å². The zero-order chi connectivity index (χ0) is 41.0. The number of fused-ring (bicyclic) bond motifs is 7. The molecule has 12 aromatic rings. The molecule has 290 valence electrons. The average molecular weight is 791 g/mol. The molecule has 0 unspecified atom stereocenters. The summed E-state index contributed by atoms with van der Waals surface area (Å²) in [6.07, 6.45) is 0. The molecule has 0 aliphatic carbocycles. The largest absolute Gasteiger partial charge is 0.435 e. The summed E-state index contributed by atoms with van der Waals surface area (Å²) in [7, 11) is 0. The number of anilines is 3. The second-order valence-electron chi connectivity index (χ2n) is 15.9. The topological polar surface area (TPSA) is 29.3 Å². The standard InChI is InChI=1S/C59H38N2O/c1-3-15-39(16-4-1)50-22-13-14-26-56(50)61(47-32-29-40(30-33-47)54-37-44-19-7-9-21-49(44)52-24-11-12-25-53(52)54)48-34-31-42-35-46(28-27-43(42)36-48)55-38-45-20-8-10-23-51(45)57-58(55)62-59(60-57)41-17-5-2-6-18-41/h1-38H. The summed E-state index contributed by atoms with van der Waals surface area (Å²) in [5.41, 5.74) is 12.7. The third-order valence-corrected chi connectivity index (χ3v) is 12.2. The minimum Gasteiger partial charge on any atom is -0.435 e. The molecule has 0 radical (unpaired) electrons. The SMILES string of the molecule is c1ccc(-c2nc3c(o2)c(-c2ccc4cc(N(c5ccc(-c6cc7ccccc7c7ccccc67)cc5)c5ccccc5-c5ccccc5)ccc4c2)cc2ccccc23)cc1. The van der Waals surface area contributed by atoms with Gasteiger partial charge in [0.05, 0.1) is 5.69 Å². The van der Waals surface area contributed by atoms with Gasteiger partial charge in [-0.3, -0.25) is 0 Å². The number of nitrogens with zero attached hydrogens (tertiary/aromatic N) is 2. The Labute approximate surface area is 359 Å². The number of aromatic nitrogens is 1. The van der Waals surface area contributed by atoms with Crippen molar-refractivity contribution in [2.24, 2.45) is 0 Å². The Kier molecular flexibility index (Phi) is 8.50. The van der Waals surface area contributed by atoms with Crippen LogP contribution in [-0.2, 0) is 0 Å². The van der Waals surface area contributed by atoms with Crippen LogP contribution in [0.5, 0.6) is 0 Å². The van der Waals surface area contributed by atoms with Gasteiger partial charge in [-0.05, 0) is 121 Å². The van der Waals surface area contributed by atoms with Gasteiger partial charge in [-0.1, -0.05) is 170 Å². The van der Waals surface area contributed by atoms with Gasteiger partial charge in [-0.2, -0.15) is 0 Å². The number of hydrogen-bond acceptors (Lipinski definition) is 3. The molecule has 0 fully saturated rings. The normalized spacial score (nSPS) is 11.5. The van der Waals surface area contributed by atoms with Crippen LogP contribution in [0.1, 0.15) is 0 Å². The van der Waals surface area contributed by atoms with Gasteiger partial charge in [-0.25, -0.2) is 4.98 Å². The summed E-state index contributed by atoms with van der Waals surface area (Å²) in [4.78, 5) is 7.45. The predicted octanol–water partition coefficient (Wildman–Crippen LogP) is 16.6. The van der Waals surface area contributed by atoms with Gasteiger partial charge in [0.2, 0.25) is 5.89 Å². The maximum Gasteiger partial charge on any atom is 0.227 e. The van der Waals surface area contributed by atoms with Crippen molar-refractivity contribution in [1.29, 1.82) is 0 Å². The summed E-state index contributed by atoms with van der Waals surface area (Å²) in [6.45, 7) is 0. The van der Waals surface area contributed by atoms with Crippen molar-refractivity contribution in [2.75, 3.05) is 4.90 Å². The van der Waals surface area contributed by atoms with E-state index in [1.54, 1.807) is 0 Å². The van der Waals surface area contributed by atoms with Crippen molar-refractivity contribution in [1.82, 2.24) is 4.98 Å². The van der Waals surface area contributed by atoms with Crippen LogP contribution in [0.2, 0.25) is 0 Å². The lowest BCUT2D eigenvalue weighted by Crippen LogP contribution is -2.11. The second-order valence-corrected chi connectivity index (χ2v) is 15.9. The molecule has 0 aliphatic heterocycles. The molecule has 3 heteroatoms. The summed E-state index contributed by atoms with van der Waals surface area (Å²) >= 11 is 0. The van der Waals surface area contributed by atoms with Gasteiger partial charge in [0, 0.05) is 33.5 Å². The van der Waals surface area contributed by atoms with Crippen LogP contribution < -0.4 is 4.90 Å². The summed E-state index contributed by atoms with van der Waals surface area (Å²) in [5, 5.41) is 9.54. The van der Waals surface area contributed by atoms with Gasteiger partial charge < -0.3 is 9.32 Å². The molecule has 62 heavy (non-hydrogen) atoms. The van der Waals surface area contributed by atoms with Crippen molar-refractivity contribution >= 4 is 71.3 Å². The third-order valence-electron chi connectivity index (χ3n) is 12.2. The Balaban J connectivity index is 0.988.